The molecule has 0 amide bonds. The molecule has 0 fully saturated rings. The van der Waals surface area contributed by atoms with Gasteiger partial charge in [-0.25, -0.2) is 4.79 Å². The second-order valence-corrected chi connectivity index (χ2v) is 4.72. The number of methoxy groups -OCH3 is 2. The number of benzene rings is 1. The molecule has 0 unspecified atom stereocenters. The van der Waals surface area contributed by atoms with Crippen molar-refractivity contribution in [3.05, 3.63) is 54.0 Å². The van der Waals surface area contributed by atoms with E-state index in [1.807, 2.05) is 24.3 Å². The average Bonchev–Trinajstić information content (AvgIpc) is 3.02. The summed E-state index contributed by atoms with van der Waals surface area (Å²) in [5, 5.41) is 8.13. The second kappa shape index (κ2) is 6.35. The largest absolute Gasteiger partial charge is 0.497 e. The van der Waals surface area contributed by atoms with Crippen molar-refractivity contribution in [1.82, 2.24) is 14.6 Å². The minimum Gasteiger partial charge on any atom is -0.497 e. The number of nitrogens with zero attached hydrogens (tertiary/aromatic N) is 3. The third-order valence-electron chi connectivity index (χ3n) is 3.32. The van der Waals surface area contributed by atoms with Gasteiger partial charge in [-0.15, -0.1) is 10.2 Å². The lowest BCUT2D eigenvalue weighted by Gasteiger charge is -2.06. The predicted octanol–water partition coefficient (Wildman–Crippen LogP) is 2.10. The number of pyridine rings is 1. The van der Waals surface area contributed by atoms with Gasteiger partial charge in [-0.2, -0.15) is 0 Å². The van der Waals surface area contributed by atoms with Crippen molar-refractivity contribution in [3.8, 4) is 11.5 Å². The van der Waals surface area contributed by atoms with E-state index in [0.29, 0.717) is 22.8 Å². The highest BCUT2D eigenvalue weighted by molar-refractivity contribution is 5.89. The first-order chi connectivity index (χ1) is 11.2. The van der Waals surface area contributed by atoms with Crippen LogP contribution in [0.5, 0.6) is 11.5 Å². The quantitative estimate of drug-likeness (QED) is 0.672. The number of ether oxygens (including phenoxy) is 3. The van der Waals surface area contributed by atoms with Gasteiger partial charge in [0.15, 0.2) is 11.5 Å². The van der Waals surface area contributed by atoms with E-state index >= 15 is 0 Å². The summed E-state index contributed by atoms with van der Waals surface area (Å²) in [7, 11) is 2.95. The summed E-state index contributed by atoms with van der Waals surface area (Å²) in [4.78, 5) is 11.6. The zero-order chi connectivity index (χ0) is 16.2. The molecule has 0 aliphatic rings. The van der Waals surface area contributed by atoms with Crippen LogP contribution >= 0.6 is 0 Å². The number of hydrogen-bond acceptors (Lipinski definition) is 6. The third-order valence-corrected chi connectivity index (χ3v) is 3.32. The lowest BCUT2D eigenvalue weighted by molar-refractivity contribution is 0.0600. The Hall–Kier alpha value is -3.09. The number of aromatic nitrogens is 3. The smallest absolute Gasteiger partial charge is 0.339 e. The molecule has 7 heteroatoms. The van der Waals surface area contributed by atoms with Crippen LogP contribution in [0, 0.1) is 0 Å². The summed E-state index contributed by atoms with van der Waals surface area (Å²) in [6.45, 7) is 0.220. The van der Waals surface area contributed by atoms with Gasteiger partial charge in [-0.1, -0.05) is 0 Å². The molecule has 1 aromatic carbocycles. The van der Waals surface area contributed by atoms with Crippen LogP contribution in [0.3, 0.4) is 0 Å². The van der Waals surface area contributed by atoms with Crippen LogP contribution in [0.25, 0.3) is 5.65 Å². The van der Waals surface area contributed by atoms with Crippen LogP contribution in [0.1, 0.15) is 16.2 Å². The Balaban J connectivity index is 1.80. The van der Waals surface area contributed by atoms with Crippen LogP contribution in [-0.4, -0.2) is 34.8 Å². The van der Waals surface area contributed by atoms with Gasteiger partial charge in [0.25, 0.3) is 0 Å². The zero-order valence-corrected chi connectivity index (χ0v) is 12.7. The predicted molar refractivity (Wildman–Crippen MR) is 81.7 cm³/mol. The number of esters is 1. The van der Waals surface area contributed by atoms with E-state index in [0.717, 1.165) is 5.75 Å². The maximum atomic E-state index is 11.6. The molecule has 0 atom stereocenters. The molecule has 2 aromatic heterocycles. The molecule has 0 saturated heterocycles. The average molecular weight is 313 g/mol. The van der Waals surface area contributed by atoms with E-state index in [4.69, 9.17) is 14.2 Å². The Labute approximate surface area is 132 Å². The third kappa shape index (κ3) is 3.08. The first-order valence-corrected chi connectivity index (χ1v) is 6.90. The van der Waals surface area contributed by atoms with Gasteiger partial charge in [0.2, 0.25) is 0 Å². The molecule has 118 valence electrons. The van der Waals surface area contributed by atoms with Gasteiger partial charge in [0, 0.05) is 6.20 Å². The lowest BCUT2D eigenvalue weighted by Crippen LogP contribution is -2.05. The fourth-order valence-electron chi connectivity index (χ4n) is 2.10. The molecule has 0 bridgehead atoms. The maximum Gasteiger partial charge on any atom is 0.339 e. The molecule has 0 aliphatic heterocycles. The highest BCUT2D eigenvalue weighted by Gasteiger charge is 2.11. The summed E-state index contributed by atoms with van der Waals surface area (Å²) in [6.07, 6.45) is 1.63. The molecule has 0 aliphatic carbocycles. The van der Waals surface area contributed by atoms with Gasteiger partial charge < -0.3 is 14.2 Å². The van der Waals surface area contributed by atoms with E-state index in [1.165, 1.54) is 7.11 Å². The van der Waals surface area contributed by atoms with Crippen molar-refractivity contribution in [3.63, 3.8) is 0 Å². The van der Waals surface area contributed by atoms with Crippen molar-refractivity contribution in [2.45, 2.75) is 6.61 Å². The summed E-state index contributed by atoms with van der Waals surface area (Å²) in [5.74, 6) is 1.61. The van der Waals surface area contributed by atoms with Crippen molar-refractivity contribution in [2.24, 2.45) is 0 Å². The SMILES string of the molecule is COC(=O)c1ccc2nnc(COc3ccc(OC)cc3)n2c1. The van der Waals surface area contributed by atoms with Gasteiger partial charge in [-0.3, -0.25) is 4.40 Å². The Morgan fingerprint density at radius 3 is 2.48 bits per heavy atom. The molecule has 0 spiro atoms. The highest BCUT2D eigenvalue weighted by Crippen LogP contribution is 2.18. The molecule has 7 nitrogen and oxygen atoms in total. The first-order valence-electron chi connectivity index (χ1n) is 6.90. The van der Waals surface area contributed by atoms with Crippen molar-refractivity contribution < 1.29 is 19.0 Å². The second-order valence-electron chi connectivity index (χ2n) is 4.72. The van der Waals surface area contributed by atoms with E-state index in [9.17, 15) is 4.79 Å². The summed E-state index contributed by atoms with van der Waals surface area (Å²) in [5.41, 5.74) is 1.05. The molecular formula is C16H15N3O4. The number of hydrogen-bond donors (Lipinski definition) is 0. The van der Waals surface area contributed by atoms with Gasteiger partial charge in [0.05, 0.1) is 19.8 Å². The van der Waals surface area contributed by atoms with Crippen LogP contribution in [0.4, 0.5) is 0 Å². The van der Waals surface area contributed by atoms with Crippen molar-refractivity contribution in [1.29, 1.82) is 0 Å². The molecule has 2 heterocycles. The van der Waals surface area contributed by atoms with Crippen LogP contribution in [-0.2, 0) is 11.3 Å². The van der Waals surface area contributed by atoms with E-state index in [-0.39, 0.29) is 6.61 Å². The molecule has 0 N–H and O–H groups in total. The summed E-state index contributed by atoms with van der Waals surface area (Å²) >= 11 is 0. The van der Waals surface area contributed by atoms with E-state index in [1.54, 1.807) is 29.8 Å². The Bertz CT molecular complexity index is 827. The van der Waals surface area contributed by atoms with Gasteiger partial charge in [0.1, 0.15) is 18.1 Å². The fraction of sp³-hybridized carbons (Fsp3) is 0.188. The van der Waals surface area contributed by atoms with Crippen LogP contribution in [0.2, 0.25) is 0 Å². The topological polar surface area (TPSA) is 75.0 Å². The molecule has 3 rings (SSSR count). The monoisotopic (exact) mass is 313 g/mol. The molecule has 0 saturated carbocycles. The maximum absolute atomic E-state index is 11.6. The Morgan fingerprint density at radius 1 is 1.04 bits per heavy atom. The van der Waals surface area contributed by atoms with Crippen molar-refractivity contribution in [2.75, 3.05) is 14.2 Å². The van der Waals surface area contributed by atoms with Crippen LogP contribution in [0.15, 0.2) is 42.6 Å². The van der Waals surface area contributed by atoms with Gasteiger partial charge >= 0.3 is 5.97 Å². The Morgan fingerprint density at radius 2 is 1.78 bits per heavy atom. The number of carbonyl (C=O) groups excluding carboxylic acids is 1. The minimum atomic E-state index is -0.414. The van der Waals surface area contributed by atoms with E-state index < -0.39 is 5.97 Å². The zero-order valence-electron chi connectivity index (χ0n) is 12.7. The lowest BCUT2D eigenvalue weighted by atomic mass is 10.3. The standard InChI is InChI=1S/C16H15N3O4/c1-21-12-4-6-13(7-5-12)23-10-15-18-17-14-8-3-11(9-19(14)15)16(20)22-2/h3-9H,10H2,1-2H3. The summed E-state index contributed by atoms with van der Waals surface area (Å²) in [6, 6.07) is 10.6. The molecule has 3 aromatic rings. The van der Waals surface area contributed by atoms with Crippen molar-refractivity contribution >= 4 is 11.6 Å². The summed E-state index contributed by atoms with van der Waals surface area (Å²) < 4.78 is 17.2. The Kier molecular flexibility index (Phi) is 4.09. The highest BCUT2D eigenvalue weighted by atomic mass is 16.5. The first kappa shape index (κ1) is 14.8. The van der Waals surface area contributed by atoms with Gasteiger partial charge in [-0.05, 0) is 36.4 Å². The number of fused-ring (bicyclic) bond motifs is 1. The van der Waals surface area contributed by atoms with E-state index in [2.05, 4.69) is 10.2 Å². The molecule has 0 radical (unpaired) electrons. The normalized spacial score (nSPS) is 10.5. The minimum absolute atomic E-state index is 0.220. The number of carbonyl (C=O) groups is 1. The fourth-order valence-corrected chi connectivity index (χ4v) is 2.10. The van der Waals surface area contributed by atoms with Crippen LogP contribution < -0.4 is 9.47 Å². The molecular weight excluding hydrogens is 298 g/mol. The number of rotatable bonds is 5. The molecule has 23 heavy (non-hydrogen) atoms.